The van der Waals surface area contributed by atoms with E-state index in [0.717, 1.165) is 4.90 Å². The topological polar surface area (TPSA) is 105 Å². The highest BCUT2D eigenvalue weighted by Crippen LogP contribution is 2.35. The molecular formula is C24H26ClFN2O6. The van der Waals surface area contributed by atoms with Gasteiger partial charge in [-0.2, -0.15) is 0 Å². The minimum Gasteiger partial charge on any atom is -0.480 e. The van der Waals surface area contributed by atoms with Crippen molar-refractivity contribution in [2.75, 3.05) is 26.3 Å². The molecule has 0 bridgehead atoms. The predicted molar refractivity (Wildman–Crippen MR) is 123 cm³/mol. The third-order valence-corrected chi connectivity index (χ3v) is 5.81. The molecule has 2 fully saturated rings. The highest BCUT2D eigenvalue weighted by Gasteiger charge is 2.52. The highest BCUT2D eigenvalue weighted by molar-refractivity contribution is 6.33. The van der Waals surface area contributed by atoms with E-state index < -0.39 is 35.4 Å². The van der Waals surface area contributed by atoms with Gasteiger partial charge in [0.15, 0.2) is 5.79 Å². The van der Waals surface area contributed by atoms with Crippen molar-refractivity contribution >= 4 is 29.4 Å². The molecule has 1 unspecified atom stereocenters. The summed E-state index contributed by atoms with van der Waals surface area (Å²) in [6.45, 7) is 4.30. The van der Waals surface area contributed by atoms with Crippen LogP contribution in [0.15, 0.2) is 42.5 Å². The number of ether oxygens (including phenoxy) is 2. The molecule has 0 radical (unpaired) electrons. The molecule has 1 atom stereocenters. The SMILES string of the molecule is CC.O=C(NCC(=O)N1CC2(CC1C(=O)O)OCCO2)c1ccc(-c2ccc(F)cc2Cl)cc1. The van der Waals surface area contributed by atoms with Gasteiger partial charge in [0, 0.05) is 17.5 Å². The highest BCUT2D eigenvalue weighted by atomic mass is 35.5. The average Bonchev–Trinajstić information content (AvgIpc) is 3.46. The van der Waals surface area contributed by atoms with Crippen molar-refractivity contribution in [2.24, 2.45) is 0 Å². The summed E-state index contributed by atoms with van der Waals surface area (Å²) in [4.78, 5) is 37.8. The van der Waals surface area contributed by atoms with Gasteiger partial charge in [0.25, 0.3) is 5.91 Å². The Morgan fingerprint density at radius 3 is 2.38 bits per heavy atom. The van der Waals surface area contributed by atoms with Crippen molar-refractivity contribution in [2.45, 2.75) is 32.1 Å². The van der Waals surface area contributed by atoms with E-state index in [1.165, 1.54) is 12.1 Å². The fourth-order valence-electron chi connectivity index (χ4n) is 3.91. The van der Waals surface area contributed by atoms with Crippen LogP contribution in [0.1, 0.15) is 30.6 Å². The van der Waals surface area contributed by atoms with Crippen LogP contribution in [0.5, 0.6) is 0 Å². The second kappa shape index (κ2) is 10.9. The Labute approximate surface area is 201 Å². The molecule has 2 aromatic carbocycles. The van der Waals surface area contributed by atoms with Crippen molar-refractivity contribution in [1.29, 1.82) is 0 Å². The van der Waals surface area contributed by atoms with Crippen LogP contribution in [-0.4, -0.2) is 65.9 Å². The summed E-state index contributed by atoms with van der Waals surface area (Å²) in [5.74, 6) is -3.74. The maximum absolute atomic E-state index is 13.2. The summed E-state index contributed by atoms with van der Waals surface area (Å²) in [7, 11) is 0. The molecule has 2 saturated heterocycles. The van der Waals surface area contributed by atoms with E-state index in [-0.39, 0.29) is 24.5 Å². The summed E-state index contributed by atoms with van der Waals surface area (Å²) in [5, 5.41) is 12.2. The monoisotopic (exact) mass is 492 g/mol. The first-order valence-corrected chi connectivity index (χ1v) is 11.3. The van der Waals surface area contributed by atoms with Crippen LogP contribution in [0.4, 0.5) is 4.39 Å². The number of carbonyl (C=O) groups is 3. The second-order valence-electron chi connectivity index (χ2n) is 7.57. The largest absolute Gasteiger partial charge is 0.480 e. The van der Waals surface area contributed by atoms with Crippen LogP contribution in [0.2, 0.25) is 5.02 Å². The number of benzene rings is 2. The summed E-state index contributed by atoms with van der Waals surface area (Å²) in [6.07, 6.45) is 0.0371. The molecule has 2 N–H and O–H groups in total. The van der Waals surface area contributed by atoms with Gasteiger partial charge in [-0.3, -0.25) is 9.59 Å². The van der Waals surface area contributed by atoms with Crippen LogP contribution < -0.4 is 5.32 Å². The van der Waals surface area contributed by atoms with Gasteiger partial charge < -0.3 is 24.8 Å². The molecule has 2 aliphatic rings. The Kier molecular flexibility index (Phi) is 8.24. The zero-order valence-corrected chi connectivity index (χ0v) is 19.6. The van der Waals surface area contributed by atoms with E-state index in [9.17, 15) is 23.9 Å². The van der Waals surface area contributed by atoms with Crippen LogP contribution in [-0.2, 0) is 19.1 Å². The Balaban J connectivity index is 0.00000158. The molecule has 4 rings (SSSR count). The lowest BCUT2D eigenvalue weighted by atomic mass is 10.0. The number of likely N-dealkylation sites (tertiary alicyclic amines) is 1. The fraction of sp³-hybridized carbons (Fsp3) is 0.375. The van der Waals surface area contributed by atoms with Crippen LogP contribution >= 0.6 is 11.6 Å². The number of rotatable bonds is 5. The van der Waals surface area contributed by atoms with Crippen molar-refractivity contribution in [1.82, 2.24) is 10.2 Å². The minimum absolute atomic E-state index is 0.00814. The van der Waals surface area contributed by atoms with Crippen LogP contribution in [0, 0.1) is 5.82 Å². The lowest BCUT2D eigenvalue weighted by Gasteiger charge is -2.23. The van der Waals surface area contributed by atoms with Crippen LogP contribution in [0.3, 0.4) is 0 Å². The number of aliphatic carboxylic acids is 1. The number of nitrogens with one attached hydrogen (secondary N) is 1. The third kappa shape index (κ3) is 5.55. The molecule has 2 aliphatic heterocycles. The van der Waals surface area contributed by atoms with E-state index >= 15 is 0 Å². The molecule has 0 aliphatic carbocycles. The summed E-state index contributed by atoms with van der Waals surface area (Å²) >= 11 is 6.07. The summed E-state index contributed by atoms with van der Waals surface area (Å²) in [5.41, 5.74) is 1.62. The van der Waals surface area contributed by atoms with Gasteiger partial charge >= 0.3 is 5.97 Å². The van der Waals surface area contributed by atoms with Gasteiger partial charge in [0.2, 0.25) is 5.91 Å². The zero-order valence-electron chi connectivity index (χ0n) is 18.8. The Hall–Kier alpha value is -3.01. The number of nitrogens with zero attached hydrogens (tertiary/aromatic N) is 1. The fourth-order valence-corrected chi connectivity index (χ4v) is 4.19. The van der Waals surface area contributed by atoms with Gasteiger partial charge in [-0.1, -0.05) is 37.6 Å². The first-order valence-electron chi connectivity index (χ1n) is 10.9. The normalized spacial score (nSPS) is 18.4. The van der Waals surface area contributed by atoms with Crippen LogP contribution in [0.25, 0.3) is 11.1 Å². The van der Waals surface area contributed by atoms with Crippen molar-refractivity contribution in [3.8, 4) is 11.1 Å². The minimum atomic E-state index is -1.16. The second-order valence-corrected chi connectivity index (χ2v) is 7.98. The zero-order chi connectivity index (χ0) is 24.9. The van der Waals surface area contributed by atoms with E-state index in [1.54, 1.807) is 30.3 Å². The number of halogens is 2. The van der Waals surface area contributed by atoms with Gasteiger partial charge in [0.05, 0.1) is 31.3 Å². The smallest absolute Gasteiger partial charge is 0.326 e. The van der Waals surface area contributed by atoms with E-state index in [0.29, 0.717) is 29.9 Å². The maximum atomic E-state index is 13.2. The van der Waals surface area contributed by atoms with Crippen molar-refractivity contribution < 1.29 is 33.4 Å². The summed E-state index contributed by atoms with van der Waals surface area (Å²) < 4.78 is 24.3. The number of hydrogen-bond acceptors (Lipinski definition) is 5. The number of carbonyl (C=O) groups excluding carboxylic acids is 2. The van der Waals surface area contributed by atoms with E-state index in [1.807, 2.05) is 13.8 Å². The molecule has 1 spiro atoms. The maximum Gasteiger partial charge on any atom is 0.326 e. The van der Waals surface area contributed by atoms with Gasteiger partial charge in [-0.05, 0) is 35.9 Å². The molecule has 182 valence electrons. The van der Waals surface area contributed by atoms with E-state index in [4.69, 9.17) is 21.1 Å². The van der Waals surface area contributed by atoms with Crippen molar-refractivity contribution in [3.63, 3.8) is 0 Å². The van der Waals surface area contributed by atoms with Crippen molar-refractivity contribution in [3.05, 3.63) is 58.9 Å². The summed E-state index contributed by atoms with van der Waals surface area (Å²) in [6, 6.07) is 9.40. The number of amides is 2. The van der Waals surface area contributed by atoms with Gasteiger partial charge in [-0.25, -0.2) is 9.18 Å². The molecule has 34 heavy (non-hydrogen) atoms. The average molecular weight is 493 g/mol. The molecule has 2 heterocycles. The molecule has 0 aromatic heterocycles. The first-order chi connectivity index (χ1) is 16.3. The number of hydrogen-bond donors (Lipinski definition) is 2. The third-order valence-electron chi connectivity index (χ3n) is 5.50. The van der Waals surface area contributed by atoms with Gasteiger partial charge in [0.1, 0.15) is 11.9 Å². The quantitative estimate of drug-likeness (QED) is 0.663. The Bertz CT molecular complexity index is 1060. The molecule has 10 heteroatoms. The number of carboxylic acid groups (broad SMARTS) is 1. The standard InChI is InChI=1S/C22H20ClFN2O6.C2H6/c23-17-9-15(24)5-6-16(17)13-1-3-14(4-2-13)20(28)25-11-19(27)26-12-22(31-7-8-32-22)10-18(26)21(29)30;1-2/h1-6,9,18H,7-8,10-12H2,(H,25,28)(H,29,30);1-2H3. The molecule has 0 saturated carbocycles. The molecule has 8 nitrogen and oxygen atoms in total. The van der Waals surface area contributed by atoms with E-state index in [2.05, 4.69) is 5.32 Å². The van der Waals surface area contributed by atoms with Gasteiger partial charge in [-0.15, -0.1) is 0 Å². The first kappa shape index (κ1) is 25.6. The predicted octanol–water partition coefficient (Wildman–Crippen LogP) is 3.33. The Morgan fingerprint density at radius 1 is 1.15 bits per heavy atom. The molecule has 2 amide bonds. The molecular weight excluding hydrogens is 467 g/mol. The number of carboxylic acids is 1. The Morgan fingerprint density at radius 2 is 1.79 bits per heavy atom. The lowest BCUT2D eigenvalue weighted by Crippen LogP contribution is -2.46. The lowest BCUT2D eigenvalue weighted by molar-refractivity contribution is -0.152. The molecule has 2 aromatic rings.